The largest absolute Gasteiger partial charge is 0.481 e. The number of fused-ring (bicyclic) bond motifs is 1. The average molecular weight is 366 g/mol. The third-order valence-corrected chi connectivity index (χ3v) is 5.37. The minimum atomic E-state index is -0.480. The molecular formula is C24H31NO2. The van der Waals surface area contributed by atoms with E-state index in [1.165, 1.54) is 36.0 Å². The molecule has 0 spiro atoms. The number of ether oxygens (including phenoxy) is 1. The molecule has 0 radical (unpaired) electrons. The molecule has 0 fully saturated rings. The molecule has 0 saturated carbocycles. The molecule has 0 bridgehead atoms. The summed E-state index contributed by atoms with van der Waals surface area (Å²) in [5, 5.41) is 3.14. The second-order valence-corrected chi connectivity index (χ2v) is 7.80. The second-order valence-electron chi connectivity index (χ2n) is 7.80. The summed E-state index contributed by atoms with van der Waals surface area (Å²) in [5.41, 5.74) is 6.36. The molecule has 0 saturated heterocycles. The zero-order valence-electron chi connectivity index (χ0n) is 17.0. The Kier molecular flexibility index (Phi) is 6.20. The number of amides is 1. The topological polar surface area (TPSA) is 38.3 Å². The SMILES string of the molecule is CCC(Oc1cc(C)cc(C)c1)C(=O)NC(C)c1ccc2c(c1)CCCC2. The lowest BCUT2D eigenvalue weighted by molar-refractivity contribution is -0.128. The molecule has 2 aromatic carbocycles. The Morgan fingerprint density at radius 1 is 1.04 bits per heavy atom. The number of aryl methyl sites for hydroxylation is 4. The van der Waals surface area contributed by atoms with Gasteiger partial charge in [-0.05, 0) is 92.8 Å². The van der Waals surface area contributed by atoms with Crippen molar-refractivity contribution >= 4 is 5.91 Å². The maximum absolute atomic E-state index is 12.8. The second kappa shape index (κ2) is 8.60. The summed E-state index contributed by atoms with van der Waals surface area (Å²) in [4.78, 5) is 12.8. The van der Waals surface area contributed by atoms with Crippen LogP contribution in [0, 0.1) is 13.8 Å². The predicted octanol–water partition coefficient (Wildman–Crippen LogP) is 5.22. The van der Waals surface area contributed by atoms with E-state index in [0.717, 1.165) is 23.3 Å². The number of carbonyl (C=O) groups excluding carboxylic acids is 1. The van der Waals surface area contributed by atoms with Crippen LogP contribution >= 0.6 is 0 Å². The number of rotatable bonds is 6. The highest BCUT2D eigenvalue weighted by Gasteiger charge is 2.21. The molecule has 2 atom stereocenters. The lowest BCUT2D eigenvalue weighted by Gasteiger charge is -2.23. The normalized spacial score (nSPS) is 15.6. The van der Waals surface area contributed by atoms with E-state index in [0.29, 0.717) is 6.42 Å². The van der Waals surface area contributed by atoms with Crippen LogP contribution in [-0.2, 0) is 17.6 Å². The minimum absolute atomic E-state index is 0.0263. The van der Waals surface area contributed by atoms with Gasteiger partial charge in [0.1, 0.15) is 5.75 Å². The zero-order valence-corrected chi connectivity index (χ0v) is 17.0. The van der Waals surface area contributed by atoms with Gasteiger partial charge in [-0.25, -0.2) is 0 Å². The van der Waals surface area contributed by atoms with Crippen LogP contribution in [0.25, 0.3) is 0 Å². The van der Waals surface area contributed by atoms with E-state index in [-0.39, 0.29) is 11.9 Å². The van der Waals surface area contributed by atoms with Gasteiger partial charge in [0.05, 0.1) is 6.04 Å². The first kappa shape index (κ1) is 19.5. The zero-order chi connectivity index (χ0) is 19.4. The molecule has 1 N–H and O–H groups in total. The summed E-state index contributed by atoms with van der Waals surface area (Å²) in [6, 6.07) is 12.7. The Labute approximate surface area is 163 Å². The van der Waals surface area contributed by atoms with E-state index >= 15 is 0 Å². The van der Waals surface area contributed by atoms with Gasteiger partial charge < -0.3 is 10.1 Å². The minimum Gasteiger partial charge on any atom is -0.481 e. The lowest BCUT2D eigenvalue weighted by Crippen LogP contribution is -2.39. The molecular weight excluding hydrogens is 334 g/mol. The van der Waals surface area contributed by atoms with E-state index in [1.807, 2.05) is 39.8 Å². The first-order valence-electron chi connectivity index (χ1n) is 10.1. The number of carbonyl (C=O) groups is 1. The highest BCUT2D eigenvalue weighted by molar-refractivity contribution is 5.81. The van der Waals surface area contributed by atoms with Gasteiger partial charge in [0, 0.05) is 0 Å². The van der Waals surface area contributed by atoms with Crippen molar-refractivity contribution in [3.05, 3.63) is 64.2 Å². The summed E-state index contributed by atoms with van der Waals surface area (Å²) in [5.74, 6) is 0.706. The van der Waals surface area contributed by atoms with Crippen molar-refractivity contribution in [3.63, 3.8) is 0 Å². The van der Waals surface area contributed by atoms with Crippen LogP contribution in [0.3, 0.4) is 0 Å². The Bertz CT molecular complexity index is 792. The summed E-state index contributed by atoms with van der Waals surface area (Å²) < 4.78 is 6.00. The average Bonchev–Trinajstić information content (AvgIpc) is 2.64. The number of hydrogen-bond acceptors (Lipinski definition) is 2. The van der Waals surface area contributed by atoms with E-state index in [4.69, 9.17) is 4.74 Å². The van der Waals surface area contributed by atoms with Crippen LogP contribution in [0.15, 0.2) is 36.4 Å². The number of hydrogen-bond donors (Lipinski definition) is 1. The highest BCUT2D eigenvalue weighted by Crippen LogP contribution is 2.25. The van der Waals surface area contributed by atoms with Gasteiger partial charge in [-0.1, -0.05) is 31.2 Å². The summed E-state index contributed by atoms with van der Waals surface area (Å²) in [6.45, 7) is 8.11. The third kappa shape index (κ3) is 4.91. The van der Waals surface area contributed by atoms with Gasteiger partial charge in [0.15, 0.2) is 6.10 Å². The molecule has 1 aliphatic carbocycles. The molecule has 2 aromatic rings. The van der Waals surface area contributed by atoms with Crippen molar-refractivity contribution in [1.29, 1.82) is 0 Å². The molecule has 0 aromatic heterocycles. The Hall–Kier alpha value is -2.29. The van der Waals surface area contributed by atoms with Crippen molar-refractivity contribution in [3.8, 4) is 5.75 Å². The molecule has 27 heavy (non-hydrogen) atoms. The molecule has 3 nitrogen and oxygen atoms in total. The van der Waals surface area contributed by atoms with Crippen molar-refractivity contribution in [2.24, 2.45) is 0 Å². The molecule has 1 aliphatic rings. The first-order chi connectivity index (χ1) is 13.0. The quantitative estimate of drug-likeness (QED) is 0.762. The Balaban J connectivity index is 1.67. The molecule has 3 rings (SSSR count). The molecule has 3 heteroatoms. The van der Waals surface area contributed by atoms with Gasteiger partial charge >= 0.3 is 0 Å². The van der Waals surface area contributed by atoms with Crippen LogP contribution < -0.4 is 10.1 Å². The summed E-state index contributed by atoms with van der Waals surface area (Å²) in [7, 11) is 0. The smallest absolute Gasteiger partial charge is 0.261 e. The molecule has 2 unspecified atom stereocenters. The fraction of sp³-hybridized carbons (Fsp3) is 0.458. The number of nitrogens with one attached hydrogen (secondary N) is 1. The third-order valence-electron chi connectivity index (χ3n) is 5.37. The maximum atomic E-state index is 12.8. The molecule has 0 aliphatic heterocycles. The first-order valence-corrected chi connectivity index (χ1v) is 10.1. The standard InChI is InChI=1S/C24H31NO2/c1-5-23(27-22-13-16(2)12-17(3)14-22)24(26)25-18(4)20-11-10-19-8-6-7-9-21(19)15-20/h10-15,18,23H,5-9H2,1-4H3,(H,25,26). The van der Waals surface area contributed by atoms with Gasteiger partial charge in [-0.15, -0.1) is 0 Å². The van der Waals surface area contributed by atoms with Gasteiger partial charge in [-0.2, -0.15) is 0 Å². The fourth-order valence-electron chi connectivity index (χ4n) is 3.90. The van der Waals surface area contributed by atoms with Crippen molar-refractivity contribution in [2.75, 3.05) is 0 Å². The van der Waals surface area contributed by atoms with Crippen LogP contribution in [0.4, 0.5) is 0 Å². The van der Waals surface area contributed by atoms with Crippen LogP contribution in [0.5, 0.6) is 5.75 Å². The molecule has 0 heterocycles. The van der Waals surface area contributed by atoms with E-state index < -0.39 is 6.10 Å². The van der Waals surface area contributed by atoms with Crippen molar-refractivity contribution < 1.29 is 9.53 Å². The van der Waals surface area contributed by atoms with E-state index in [2.05, 4.69) is 29.6 Å². The van der Waals surface area contributed by atoms with Crippen LogP contribution in [0.2, 0.25) is 0 Å². The lowest BCUT2D eigenvalue weighted by atomic mass is 9.89. The van der Waals surface area contributed by atoms with Crippen LogP contribution in [0.1, 0.15) is 67.0 Å². The van der Waals surface area contributed by atoms with Crippen molar-refractivity contribution in [1.82, 2.24) is 5.32 Å². The molecule has 144 valence electrons. The van der Waals surface area contributed by atoms with Gasteiger partial charge in [0.25, 0.3) is 5.91 Å². The fourth-order valence-corrected chi connectivity index (χ4v) is 3.90. The highest BCUT2D eigenvalue weighted by atomic mass is 16.5. The maximum Gasteiger partial charge on any atom is 0.261 e. The van der Waals surface area contributed by atoms with E-state index in [9.17, 15) is 4.79 Å². The van der Waals surface area contributed by atoms with Gasteiger partial charge in [-0.3, -0.25) is 4.79 Å². The summed E-state index contributed by atoms with van der Waals surface area (Å²) >= 11 is 0. The molecule has 1 amide bonds. The van der Waals surface area contributed by atoms with Crippen LogP contribution in [-0.4, -0.2) is 12.0 Å². The predicted molar refractivity (Wildman–Crippen MR) is 110 cm³/mol. The summed E-state index contributed by atoms with van der Waals surface area (Å²) in [6.07, 6.45) is 5.03. The van der Waals surface area contributed by atoms with E-state index in [1.54, 1.807) is 0 Å². The van der Waals surface area contributed by atoms with Crippen molar-refractivity contribution in [2.45, 2.75) is 71.9 Å². The van der Waals surface area contributed by atoms with Gasteiger partial charge in [0.2, 0.25) is 0 Å². The Morgan fingerprint density at radius 2 is 1.70 bits per heavy atom. The Morgan fingerprint density at radius 3 is 2.37 bits per heavy atom. The number of benzene rings is 2. The monoisotopic (exact) mass is 365 g/mol.